The zero-order valence-corrected chi connectivity index (χ0v) is 19.8. The summed E-state index contributed by atoms with van der Waals surface area (Å²) in [6.45, 7) is 12.7. The number of nitrogens with zero attached hydrogens (tertiary/aromatic N) is 5. The fourth-order valence-corrected chi connectivity index (χ4v) is 3.02. The van der Waals surface area contributed by atoms with Gasteiger partial charge in [0.05, 0.1) is 0 Å². The summed E-state index contributed by atoms with van der Waals surface area (Å²) in [5.41, 5.74) is 0.875. The molecule has 160 valence electrons. The normalized spacial score (nSPS) is 15.3. The van der Waals surface area contributed by atoms with Crippen molar-refractivity contribution in [3.63, 3.8) is 0 Å². The van der Waals surface area contributed by atoms with E-state index in [1.807, 2.05) is 32.9 Å². The zero-order chi connectivity index (χ0) is 20.1. The lowest BCUT2D eigenvalue weighted by atomic mass is 9.97. The Morgan fingerprint density at radius 2 is 1.83 bits per heavy atom. The van der Waals surface area contributed by atoms with Gasteiger partial charge in [-0.05, 0) is 31.2 Å². The first-order chi connectivity index (χ1) is 13.4. The van der Waals surface area contributed by atoms with Gasteiger partial charge in [0, 0.05) is 43.8 Å². The van der Waals surface area contributed by atoms with Crippen molar-refractivity contribution in [2.45, 2.75) is 39.7 Å². The summed E-state index contributed by atoms with van der Waals surface area (Å²) in [6, 6.07) is 6.66. The van der Waals surface area contributed by atoms with Gasteiger partial charge in [-0.15, -0.1) is 24.0 Å². The van der Waals surface area contributed by atoms with Crippen LogP contribution in [0, 0.1) is 5.82 Å². The van der Waals surface area contributed by atoms with E-state index in [1.165, 1.54) is 12.1 Å². The molecule has 1 aromatic carbocycles. The van der Waals surface area contributed by atoms with Crippen molar-refractivity contribution in [3.8, 4) is 0 Å². The Kier molecular flexibility index (Phi) is 8.23. The number of halogens is 2. The quantitative estimate of drug-likeness (QED) is 0.382. The van der Waals surface area contributed by atoms with E-state index in [2.05, 4.69) is 32.2 Å². The molecule has 0 spiro atoms. The predicted octanol–water partition coefficient (Wildman–Crippen LogP) is 3.41. The highest BCUT2D eigenvalue weighted by Gasteiger charge is 2.22. The number of anilines is 1. The number of aromatic nitrogens is 2. The molecule has 0 amide bonds. The van der Waals surface area contributed by atoms with Crippen LogP contribution in [0.3, 0.4) is 0 Å². The van der Waals surface area contributed by atoms with Crippen LogP contribution in [0.1, 0.15) is 39.4 Å². The lowest BCUT2D eigenvalue weighted by Crippen LogP contribution is -2.52. The first-order valence-electron chi connectivity index (χ1n) is 9.73. The first-order valence-corrected chi connectivity index (χ1v) is 9.73. The third-order valence-corrected chi connectivity index (χ3v) is 4.59. The van der Waals surface area contributed by atoms with Gasteiger partial charge >= 0.3 is 0 Å². The number of benzene rings is 1. The van der Waals surface area contributed by atoms with Crippen LogP contribution in [-0.2, 0) is 12.0 Å². The van der Waals surface area contributed by atoms with Crippen LogP contribution in [-0.4, -0.2) is 53.7 Å². The van der Waals surface area contributed by atoms with Crippen molar-refractivity contribution in [1.82, 2.24) is 20.4 Å². The molecular weight excluding hydrogens is 486 g/mol. The predicted molar refractivity (Wildman–Crippen MR) is 123 cm³/mol. The molecule has 1 aliphatic heterocycles. The fraction of sp³-hybridized carbons (Fsp3) is 0.550. The molecule has 1 aromatic heterocycles. The van der Waals surface area contributed by atoms with Crippen molar-refractivity contribution in [2.75, 3.05) is 37.6 Å². The van der Waals surface area contributed by atoms with Crippen LogP contribution in [0.5, 0.6) is 0 Å². The third kappa shape index (κ3) is 6.28. The Bertz CT molecular complexity index is 794. The third-order valence-electron chi connectivity index (χ3n) is 4.59. The van der Waals surface area contributed by atoms with E-state index < -0.39 is 0 Å². The van der Waals surface area contributed by atoms with Crippen molar-refractivity contribution in [2.24, 2.45) is 4.99 Å². The molecule has 29 heavy (non-hydrogen) atoms. The average Bonchev–Trinajstić information content (AvgIpc) is 3.15. The molecule has 9 heteroatoms. The Balaban J connectivity index is 0.00000300. The summed E-state index contributed by atoms with van der Waals surface area (Å²) in [5, 5.41) is 7.38. The average molecular weight is 516 g/mol. The highest BCUT2D eigenvalue weighted by Crippen LogP contribution is 2.20. The van der Waals surface area contributed by atoms with Gasteiger partial charge in [-0.25, -0.2) is 9.38 Å². The molecule has 0 atom stereocenters. The van der Waals surface area contributed by atoms with Gasteiger partial charge in [0.25, 0.3) is 0 Å². The van der Waals surface area contributed by atoms with Crippen LogP contribution in [0.2, 0.25) is 0 Å². The monoisotopic (exact) mass is 516 g/mol. The standard InChI is InChI=1S/C20H29FN6O.HI/c1-5-22-19(23-14-17-24-18(28-25-17)20(2,3)4)27-12-10-26(11-13-27)16-8-6-15(21)7-9-16;/h6-9H,5,10-14H2,1-4H3,(H,22,23);1H. The highest BCUT2D eigenvalue weighted by molar-refractivity contribution is 14.0. The van der Waals surface area contributed by atoms with Crippen LogP contribution in [0.25, 0.3) is 0 Å². The second kappa shape index (κ2) is 10.2. The molecule has 2 aromatic rings. The summed E-state index contributed by atoms with van der Waals surface area (Å²) in [6.07, 6.45) is 0. The van der Waals surface area contributed by atoms with E-state index in [1.54, 1.807) is 0 Å². The SMILES string of the molecule is CCNC(=NCc1noc(C(C)(C)C)n1)N1CCN(c2ccc(F)cc2)CC1.I. The van der Waals surface area contributed by atoms with Gasteiger partial charge < -0.3 is 19.6 Å². The highest BCUT2D eigenvalue weighted by atomic mass is 127. The van der Waals surface area contributed by atoms with Gasteiger partial charge in [0.1, 0.15) is 12.4 Å². The number of aliphatic imine (C=N–C) groups is 1. The van der Waals surface area contributed by atoms with Crippen LogP contribution >= 0.6 is 24.0 Å². The number of hydrogen-bond donors (Lipinski definition) is 1. The van der Waals surface area contributed by atoms with E-state index in [9.17, 15) is 4.39 Å². The lowest BCUT2D eigenvalue weighted by molar-refractivity contribution is 0.318. The molecule has 1 N–H and O–H groups in total. The minimum absolute atomic E-state index is 0. The van der Waals surface area contributed by atoms with E-state index in [0.717, 1.165) is 44.4 Å². The molecule has 2 heterocycles. The van der Waals surface area contributed by atoms with Crippen LogP contribution in [0.4, 0.5) is 10.1 Å². The maximum absolute atomic E-state index is 13.1. The van der Waals surface area contributed by atoms with Crippen molar-refractivity contribution in [3.05, 3.63) is 41.8 Å². The molecule has 0 unspecified atom stereocenters. The van der Waals surface area contributed by atoms with Gasteiger partial charge in [-0.1, -0.05) is 25.9 Å². The topological polar surface area (TPSA) is 69.8 Å². The summed E-state index contributed by atoms with van der Waals surface area (Å²) in [7, 11) is 0. The maximum Gasteiger partial charge on any atom is 0.232 e. The van der Waals surface area contributed by atoms with Crippen molar-refractivity contribution >= 4 is 35.6 Å². The Morgan fingerprint density at radius 3 is 2.38 bits per heavy atom. The Hall–Kier alpha value is -1.91. The van der Waals surface area contributed by atoms with Gasteiger partial charge in [0.15, 0.2) is 11.8 Å². The second-order valence-corrected chi connectivity index (χ2v) is 7.89. The molecule has 1 saturated heterocycles. The first kappa shape index (κ1) is 23.4. The molecule has 3 rings (SSSR count). The molecule has 0 aliphatic carbocycles. The van der Waals surface area contributed by atoms with Gasteiger partial charge in [-0.2, -0.15) is 4.98 Å². The largest absolute Gasteiger partial charge is 0.368 e. The van der Waals surface area contributed by atoms with Crippen LogP contribution in [0.15, 0.2) is 33.8 Å². The maximum atomic E-state index is 13.1. The van der Waals surface area contributed by atoms with E-state index in [0.29, 0.717) is 18.3 Å². The van der Waals surface area contributed by atoms with E-state index in [-0.39, 0.29) is 35.2 Å². The van der Waals surface area contributed by atoms with Gasteiger partial charge in [-0.3, -0.25) is 0 Å². The van der Waals surface area contributed by atoms with Crippen LogP contribution < -0.4 is 10.2 Å². The molecule has 1 aliphatic rings. The van der Waals surface area contributed by atoms with E-state index >= 15 is 0 Å². The minimum Gasteiger partial charge on any atom is -0.368 e. The van der Waals surface area contributed by atoms with E-state index in [4.69, 9.17) is 9.52 Å². The smallest absolute Gasteiger partial charge is 0.232 e. The molecule has 0 bridgehead atoms. The zero-order valence-electron chi connectivity index (χ0n) is 17.5. The summed E-state index contributed by atoms with van der Waals surface area (Å²) in [4.78, 5) is 13.6. The number of piperazine rings is 1. The molecular formula is C20H30FIN6O. The van der Waals surface area contributed by atoms with Crippen molar-refractivity contribution in [1.29, 1.82) is 0 Å². The molecule has 7 nitrogen and oxygen atoms in total. The summed E-state index contributed by atoms with van der Waals surface area (Å²) >= 11 is 0. The summed E-state index contributed by atoms with van der Waals surface area (Å²) < 4.78 is 18.5. The molecule has 1 fully saturated rings. The Morgan fingerprint density at radius 1 is 1.17 bits per heavy atom. The fourth-order valence-electron chi connectivity index (χ4n) is 3.02. The Labute approximate surface area is 188 Å². The summed E-state index contributed by atoms with van der Waals surface area (Å²) in [5.74, 6) is 1.85. The molecule has 0 saturated carbocycles. The number of rotatable bonds is 4. The number of hydrogen-bond acceptors (Lipinski definition) is 5. The second-order valence-electron chi connectivity index (χ2n) is 7.89. The lowest BCUT2D eigenvalue weighted by Gasteiger charge is -2.37. The minimum atomic E-state index is -0.208. The number of nitrogens with one attached hydrogen (secondary N) is 1. The number of guanidine groups is 1. The van der Waals surface area contributed by atoms with Crippen molar-refractivity contribution < 1.29 is 8.91 Å². The molecule has 0 radical (unpaired) electrons. The van der Waals surface area contributed by atoms with Gasteiger partial charge in [0.2, 0.25) is 5.89 Å².